The molecular formula is C68H60N2. The van der Waals surface area contributed by atoms with E-state index in [0.29, 0.717) is 0 Å². The Kier molecular flexibility index (Phi) is 11.2. The largest absolute Gasteiger partial charge is 0.310 e. The van der Waals surface area contributed by atoms with Gasteiger partial charge in [0.25, 0.3) is 0 Å². The molecule has 2 aliphatic carbocycles. The molecule has 9 aromatic carbocycles. The summed E-state index contributed by atoms with van der Waals surface area (Å²) in [6.45, 7) is 18.2. The quantitative estimate of drug-likeness (QED) is 0.126. The third-order valence-corrected chi connectivity index (χ3v) is 14.7. The van der Waals surface area contributed by atoms with Crippen molar-refractivity contribution in [3.05, 3.63) is 261 Å². The molecule has 0 unspecified atom stereocenters. The summed E-state index contributed by atoms with van der Waals surface area (Å²) in [4.78, 5) is 4.79. The van der Waals surface area contributed by atoms with Crippen molar-refractivity contribution in [3.8, 4) is 22.3 Å². The first kappa shape index (κ1) is 44.6. The van der Waals surface area contributed by atoms with E-state index in [4.69, 9.17) is 0 Å². The fraction of sp³-hybridized carbons (Fsp3) is 0.147. The van der Waals surface area contributed by atoms with Crippen LogP contribution in [0.3, 0.4) is 0 Å². The predicted octanol–water partition coefficient (Wildman–Crippen LogP) is 18.8. The second-order valence-corrected chi connectivity index (χ2v) is 20.7. The van der Waals surface area contributed by atoms with E-state index >= 15 is 0 Å². The van der Waals surface area contributed by atoms with Crippen molar-refractivity contribution in [3.63, 3.8) is 0 Å². The highest BCUT2D eigenvalue weighted by Gasteiger charge is 2.37. The Morgan fingerprint density at radius 3 is 0.929 bits per heavy atom. The number of para-hydroxylation sites is 2. The summed E-state index contributed by atoms with van der Waals surface area (Å²) in [6.07, 6.45) is 8.97. The maximum Gasteiger partial charge on any atom is 0.0466 e. The van der Waals surface area contributed by atoms with Gasteiger partial charge in [0.1, 0.15) is 0 Å². The van der Waals surface area contributed by atoms with E-state index in [0.717, 1.165) is 11.4 Å². The maximum absolute atomic E-state index is 2.42. The van der Waals surface area contributed by atoms with Gasteiger partial charge in [-0.05, 0) is 190 Å². The minimum Gasteiger partial charge on any atom is -0.310 e. The zero-order chi connectivity index (χ0) is 48.3. The van der Waals surface area contributed by atoms with Crippen LogP contribution in [0.25, 0.3) is 46.6 Å². The van der Waals surface area contributed by atoms with E-state index in [-0.39, 0.29) is 10.8 Å². The molecule has 0 spiro atoms. The Balaban J connectivity index is 0.801. The monoisotopic (exact) mass is 904 g/mol. The second-order valence-electron chi connectivity index (χ2n) is 20.7. The molecule has 70 heavy (non-hydrogen) atoms. The van der Waals surface area contributed by atoms with Crippen LogP contribution in [-0.4, -0.2) is 0 Å². The van der Waals surface area contributed by atoms with Gasteiger partial charge in [-0.25, -0.2) is 0 Å². The molecule has 0 bridgehead atoms. The lowest BCUT2D eigenvalue weighted by Crippen LogP contribution is -2.16. The number of hydrogen-bond donors (Lipinski definition) is 0. The summed E-state index contributed by atoms with van der Waals surface area (Å²) < 4.78 is 0. The first-order valence-corrected chi connectivity index (χ1v) is 24.7. The van der Waals surface area contributed by atoms with Crippen LogP contribution in [-0.2, 0) is 10.8 Å². The normalized spacial score (nSPS) is 13.8. The van der Waals surface area contributed by atoms with Gasteiger partial charge in [0.2, 0.25) is 0 Å². The van der Waals surface area contributed by atoms with Crippen LogP contribution in [0.4, 0.5) is 34.1 Å². The van der Waals surface area contributed by atoms with E-state index in [9.17, 15) is 0 Å². The van der Waals surface area contributed by atoms with Crippen molar-refractivity contribution < 1.29 is 0 Å². The van der Waals surface area contributed by atoms with Gasteiger partial charge in [-0.2, -0.15) is 0 Å². The molecule has 0 saturated carbocycles. The third kappa shape index (κ3) is 8.18. The lowest BCUT2D eigenvalue weighted by atomic mass is 9.81. The molecule has 342 valence electrons. The molecule has 2 heteroatoms. The van der Waals surface area contributed by atoms with Crippen LogP contribution in [0.2, 0.25) is 0 Å². The lowest BCUT2D eigenvalue weighted by molar-refractivity contribution is 0.660. The molecule has 0 saturated heterocycles. The highest BCUT2D eigenvalue weighted by Crippen LogP contribution is 2.53. The number of nitrogens with zero attached hydrogens (tertiary/aromatic N) is 2. The number of benzene rings is 9. The summed E-state index contributed by atoms with van der Waals surface area (Å²) in [7, 11) is 0. The van der Waals surface area contributed by atoms with Gasteiger partial charge in [-0.1, -0.05) is 173 Å². The van der Waals surface area contributed by atoms with Crippen LogP contribution >= 0.6 is 0 Å². The molecule has 2 nitrogen and oxygen atoms in total. The molecule has 9 aromatic rings. The number of rotatable bonds is 10. The average Bonchev–Trinajstić information content (AvgIpc) is 3.71. The molecule has 0 heterocycles. The van der Waals surface area contributed by atoms with Gasteiger partial charge in [0.05, 0.1) is 0 Å². The van der Waals surface area contributed by atoms with Crippen LogP contribution < -0.4 is 9.80 Å². The third-order valence-electron chi connectivity index (χ3n) is 14.7. The summed E-state index contributed by atoms with van der Waals surface area (Å²) in [5, 5.41) is 0. The fourth-order valence-electron chi connectivity index (χ4n) is 11.3. The van der Waals surface area contributed by atoms with E-state index in [2.05, 4.69) is 284 Å². The number of anilines is 6. The van der Waals surface area contributed by atoms with Gasteiger partial charge in [-0.3, -0.25) is 0 Å². The van der Waals surface area contributed by atoms with E-state index in [1.165, 1.54) is 112 Å². The first-order valence-electron chi connectivity index (χ1n) is 24.7. The lowest BCUT2D eigenvalue weighted by Gasteiger charge is -2.28. The van der Waals surface area contributed by atoms with Gasteiger partial charge >= 0.3 is 0 Å². The molecule has 0 aliphatic heterocycles. The first-order chi connectivity index (χ1) is 33.8. The zero-order valence-corrected chi connectivity index (χ0v) is 41.7. The average molecular weight is 905 g/mol. The molecular weight excluding hydrogens is 845 g/mol. The number of fused-ring (bicyclic) bond motifs is 6. The number of aryl methyl sites for hydroxylation is 4. The SMILES string of the molecule is Cc1cc(C)cc(N(c2ccccc2)c2ccc3c(c2)C(C)(C)c2cc(/C=C/c4ccc(/C=C/c5ccc6c(c5)C(C)(C)c5cc(N(c7ccccc7)c7cc(C)cc(C)c7)ccc5-6)cc4)ccc2-3)c1. The Bertz CT molecular complexity index is 3240. The van der Waals surface area contributed by atoms with E-state index in [1.54, 1.807) is 0 Å². The smallest absolute Gasteiger partial charge is 0.0466 e. The van der Waals surface area contributed by atoms with Crippen LogP contribution in [0.5, 0.6) is 0 Å². The Morgan fingerprint density at radius 2 is 0.571 bits per heavy atom. The zero-order valence-electron chi connectivity index (χ0n) is 41.7. The Labute approximate surface area is 415 Å². The Morgan fingerprint density at radius 1 is 0.271 bits per heavy atom. The molecule has 0 radical (unpaired) electrons. The van der Waals surface area contributed by atoms with Gasteiger partial charge < -0.3 is 9.80 Å². The molecule has 0 fully saturated rings. The summed E-state index contributed by atoms with van der Waals surface area (Å²) in [6, 6.07) is 72.0. The predicted molar refractivity (Wildman–Crippen MR) is 301 cm³/mol. The highest BCUT2D eigenvalue weighted by molar-refractivity contribution is 5.89. The van der Waals surface area contributed by atoms with Gasteiger partial charge in [0, 0.05) is 45.0 Å². The second kappa shape index (κ2) is 17.5. The van der Waals surface area contributed by atoms with Crippen LogP contribution in [0.1, 0.15) is 94.5 Å². The van der Waals surface area contributed by atoms with E-state index in [1.807, 2.05) is 0 Å². The maximum atomic E-state index is 2.42. The molecule has 0 N–H and O–H groups in total. The van der Waals surface area contributed by atoms with Crippen molar-refractivity contribution >= 4 is 58.4 Å². The number of hydrogen-bond acceptors (Lipinski definition) is 2. The molecule has 2 aliphatic rings. The minimum atomic E-state index is -0.156. The van der Waals surface area contributed by atoms with Gasteiger partial charge in [0.15, 0.2) is 0 Å². The van der Waals surface area contributed by atoms with Crippen molar-refractivity contribution in [2.24, 2.45) is 0 Å². The van der Waals surface area contributed by atoms with Gasteiger partial charge in [-0.15, -0.1) is 0 Å². The highest BCUT2D eigenvalue weighted by atomic mass is 15.1. The minimum absolute atomic E-state index is 0.156. The van der Waals surface area contributed by atoms with E-state index < -0.39 is 0 Å². The van der Waals surface area contributed by atoms with Crippen molar-refractivity contribution in [1.82, 2.24) is 0 Å². The standard InChI is InChI=1S/C68H60N2/c1-45-35-46(2)38-57(37-45)69(53-15-11-9-12-16-53)55-29-33-61-59-31-27-51(41-63(59)67(5,6)65(61)43-55)25-23-49-19-21-50(22-20-49)24-26-52-28-32-60-62-34-30-56(44-66(62)68(7,8)64(60)42-52)70(54-17-13-10-14-18-54)58-39-47(3)36-48(4)40-58/h9-44H,1-8H3/b25-23+,26-24+. The summed E-state index contributed by atoms with van der Waals surface area (Å²) >= 11 is 0. The fourth-order valence-corrected chi connectivity index (χ4v) is 11.3. The van der Waals surface area contributed by atoms with Crippen molar-refractivity contribution in [1.29, 1.82) is 0 Å². The molecule has 0 aromatic heterocycles. The molecule has 11 rings (SSSR count). The topological polar surface area (TPSA) is 6.48 Å². The van der Waals surface area contributed by atoms with Crippen molar-refractivity contribution in [2.45, 2.75) is 66.2 Å². The molecule has 0 amide bonds. The van der Waals surface area contributed by atoms with Crippen LogP contribution in [0.15, 0.2) is 194 Å². The van der Waals surface area contributed by atoms with Crippen LogP contribution in [0, 0.1) is 27.7 Å². The molecule has 0 atom stereocenters. The summed E-state index contributed by atoms with van der Waals surface area (Å²) in [5.41, 5.74) is 27.2. The summed E-state index contributed by atoms with van der Waals surface area (Å²) in [5.74, 6) is 0. The Hall–Kier alpha value is -7.94. The van der Waals surface area contributed by atoms with Crippen molar-refractivity contribution in [2.75, 3.05) is 9.80 Å².